The molecule has 0 aromatic heterocycles. The topological polar surface area (TPSA) is 70.9 Å². The van der Waals surface area contributed by atoms with Gasteiger partial charge in [-0.25, -0.2) is 12.8 Å². The van der Waals surface area contributed by atoms with Crippen molar-refractivity contribution in [1.29, 1.82) is 0 Å². The third-order valence-electron chi connectivity index (χ3n) is 5.80. The monoisotopic (exact) mass is 499 g/mol. The minimum Gasteiger partial charge on any atom is -0.632 e. The molecule has 0 spiro atoms. The number of nitrogens with one attached hydrogen (secondary N) is 1. The quantitative estimate of drug-likeness (QED) is 0.353. The van der Waals surface area contributed by atoms with Gasteiger partial charge >= 0.3 is 0 Å². The second-order valence-corrected chi connectivity index (χ2v) is 10.8. The zero-order valence-corrected chi connectivity index (χ0v) is 19.7. The third-order valence-corrected chi connectivity index (χ3v) is 9.05. The summed E-state index contributed by atoms with van der Waals surface area (Å²) < 4.78 is 48.2. The molecular formula is C22H27BrFNO4S. The molecule has 2 aromatic carbocycles. The van der Waals surface area contributed by atoms with Crippen LogP contribution in [0.2, 0.25) is 0 Å². The van der Waals surface area contributed by atoms with Crippen LogP contribution in [0.25, 0.3) is 0 Å². The molecule has 0 saturated heterocycles. The molecule has 0 saturated carbocycles. The molecule has 0 bridgehead atoms. The SMILES string of the molecule is CC1c2ccccc2S(=O)(=O)C(c2cc(F)ccc2OCCCCBr)(C(C)C)[NH+]1[O-]. The fraction of sp³-hybridized carbons (Fsp3) is 0.455. The molecule has 1 aliphatic heterocycles. The average Bonchev–Trinajstić information content (AvgIpc) is 2.71. The lowest BCUT2D eigenvalue weighted by molar-refractivity contribution is -0.931. The Morgan fingerprint density at radius 3 is 2.60 bits per heavy atom. The lowest BCUT2D eigenvalue weighted by atomic mass is 9.91. The van der Waals surface area contributed by atoms with E-state index >= 15 is 0 Å². The van der Waals surface area contributed by atoms with Crippen molar-refractivity contribution in [3.63, 3.8) is 0 Å². The Morgan fingerprint density at radius 2 is 1.93 bits per heavy atom. The maximum atomic E-state index is 14.4. The van der Waals surface area contributed by atoms with Gasteiger partial charge in [0.25, 0.3) is 0 Å². The molecule has 5 nitrogen and oxygen atoms in total. The van der Waals surface area contributed by atoms with Crippen LogP contribution in [0, 0.1) is 16.9 Å². The van der Waals surface area contributed by atoms with E-state index in [9.17, 15) is 18.0 Å². The lowest BCUT2D eigenvalue weighted by Gasteiger charge is -2.51. The summed E-state index contributed by atoms with van der Waals surface area (Å²) in [5.41, 5.74) is 0.567. The van der Waals surface area contributed by atoms with Crippen molar-refractivity contribution in [3.8, 4) is 5.75 Å². The number of unbranched alkanes of at least 4 members (excludes halogenated alkanes) is 1. The molecule has 1 heterocycles. The van der Waals surface area contributed by atoms with Gasteiger partial charge in [0.05, 0.1) is 17.1 Å². The molecule has 0 fully saturated rings. The summed E-state index contributed by atoms with van der Waals surface area (Å²) >= 11 is 3.37. The first-order valence-electron chi connectivity index (χ1n) is 10.1. The summed E-state index contributed by atoms with van der Waals surface area (Å²) in [4.78, 5) is -1.80. The number of hydrogen-bond acceptors (Lipinski definition) is 4. The van der Waals surface area contributed by atoms with Gasteiger partial charge in [-0.3, -0.25) is 0 Å². The molecule has 30 heavy (non-hydrogen) atoms. The number of rotatable bonds is 7. The predicted molar refractivity (Wildman–Crippen MR) is 118 cm³/mol. The van der Waals surface area contributed by atoms with Gasteiger partial charge in [0, 0.05) is 16.8 Å². The number of sulfone groups is 1. The van der Waals surface area contributed by atoms with Crippen LogP contribution >= 0.6 is 15.9 Å². The van der Waals surface area contributed by atoms with E-state index in [0.29, 0.717) is 12.2 Å². The van der Waals surface area contributed by atoms with E-state index < -0.39 is 37.5 Å². The van der Waals surface area contributed by atoms with Crippen LogP contribution < -0.4 is 9.80 Å². The van der Waals surface area contributed by atoms with Gasteiger partial charge in [0.2, 0.25) is 14.7 Å². The summed E-state index contributed by atoms with van der Waals surface area (Å²) in [6.07, 6.45) is 1.63. The van der Waals surface area contributed by atoms with Crippen LogP contribution in [0.15, 0.2) is 47.4 Å². The largest absolute Gasteiger partial charge is 0.632 e. The van der Waals surface area contributed by atoms with Crippen molar-refractivity contribution in [2.45, 2.75) is 49.4 Å². The highest BCUT2D eigenvalue weighted by molar-refractivity contribution is 9.09. The number of fused-ring (bicyclic) bond motifs is 1. The van der Waals surface area contributed by atoms with Gasteiger partial charge in [-0.15, -0.1) is 0 Å². The van der Waals surface area contributed by atoms with Gasteiger partial charge in [-0.05, 0) is 44.0 Å². The Morgan fingerprint density at radius 1 is 1.23 bits per heavy atom. The first-order valence-corrected chi connectivity index (χ1v) is 12.7. The molecule has 0 radical (unpaired) electrons. The molecular weight excluding hydrogens is 473 g/mol. The summed E-state index contributed by atoms with van der Waals surface area (Å²) in [5, 5.41) is 14.1. The van der Waals surface area contributed by atoms with Crippen molar-refractivity contribution in [1.82, 2.24) is 0 Å². The number of hydroxylamine groups is 2. The van der Waals surface area contributed by atoms with Gasteiger partial charge < -0.3 is 15.0 Å². The molecule has 1 N–H and O–H groups in total. The van der Waals surface area contributed by atoms with Crippen LogP contribution in [0.4, 0.5) is 4.39 Å². The fourth-order valence-corrected chi connectivity index (χ4v) is 7.40. The van der Waals surface area contributed by atoms with Crippen LogP contribution in [0.5, 0.6) is 5.75 Å². The number of hydrogen-bond donors (Lipinski definition) is 1. The van der Waals surface area contributed by atoms with Crippen molar-refractivity contribution >= 4 is 25.8 Å². The molecule has 164 valence electrons. The standard InChI is InChI=1S/C22H27BrFNO4S/c1-15(2)22(19-14-17(24)10-11-20(19)29-13-7-6-12-23)25(26)16(3)18-8-4-5-9-21(18)30(22,27)28/h4-5,8-11,14-16,25H,6-7,12-13H2,1-3H3. The smallest absolute Gasteiger partial charge is 0.239 e. The van der Waals surface area contributed by atoms with E-state index in [1.807, 2.05) is 0 Å². The summed E-state index contributed by atoms with van der Waals surface area (Å²) in [7, 11) is -4.16. The Kier molecular flexibility index (Phi) is 6.91. The predicted octanol–water partition coefficient (Wildman–Crippen LogP) is 4.12. The minimum atomic E-state index is -4.16. The van der Waals surface area contributed by atoms with Gasteiger partial charge in [0.15, 0.2) is 0 Å². The average molecular weight is 500 g/mol. The Hall–Kier alpha value is -1.48. The molecule has 3 unspecified atom stereocenters. The van der Waals surface area contributed by atoms with Crippen LogP contribution in [0.1, 0.15) is 50.8 Å². The van der Waals surface area contributed by atoms with Crippen LogP contribution in [-0.2, 0) is 14.7 Å². The van der Waals surface area contributed by atoms with E-state index in [4.69, 9.17) is 4.74 Å². The third kappa shape index (κ3) is 3.57. The summed E-state index contributed by atoms with van der Waals surface area (Å²) in [5.74, 6) is -0.993. The zero-order chi connectivity index (χ0) is 22.1. The van der Waals surface area contributed by atoms with Crippen LogP contribution in [0.3, 0.4) is 0 Å². The Labute approximate surface area is 185 Å². The van der Waals surface area contributed by atoms with E-state index in [1.54, 1.807) is 39.0 Å². The van der Waals surface area contributed by atoms with Gasteiger partial charge in [-0.2, -0.15) is 0 Å². The maximum absolute atomic E-state index is 14.4. The molecule has 1 aliphatic rings. The van der Waals surface area contributed by atoms with E-state index in [1.165, 1.54) is 18.2 Å². The second kappa shape index (κ2) is 8.94. The van der Waals surface area contributed by atoms with E-state index in [0.717, 1.165) is 24.2 Å². The highest BCUT2D eigenvalue weighted by Crippen LogP contribution is 2.46. The zero-order valence-electron chi connectivity index (χ0n) is 17.3. The summed E-state index contributed by atoms with van der Waals surface area (Å²) in [6.45, 7) is 5.44. The molecule has 8 heteroatoms. The highest BCUT2D eigenvalue weighted by atomic mass is 79.9. The molecule has 3 rings (SSSR count). The molecule has 0 aliphatic carbocycles. The molecule has 3 atom stereocenters. The van der Waals surface area contributed by atoms with Gasteiger partial charge in [0.1, 0.15) is 17.6 Å². The highest BCUT2D eigenvalue weighted by Gasteiger charge is 2.61. The number of quaternary nitrogens is 1. The first-order chi connectivity index (χ1) is 14.2. The molecule has 0 amide bonds. The minimum absolute atomic E-state index is 0.0858. The molecule has 2 aromatic rings. The Balaban J connectivity index is 2.27. The van der Waals surface area contributed by atoms with Gasteiger partial charge in [-0.1, -0.05) is 48.0 Å². The fourth-order valence-electron chi connectivity index (χ4n) is 4.33. The Bertz CT molecular complexity index is 1010. The first kappa shape index (κ1) is 23.2. The van der Waals surface area contributed by atoms with Crippen molar-refractivity contribution in [3.05, 3.63) is 64.6 Å². The summed E-state index contributed by atoms with van der Waals surface area (Å²) in [6, 6.07) is 9.73. The van der Waals surface area contributed by atoms with Crippen molar-refractivity contribution < 1.29 is 22.6 Å². The number of ether oxygens (including phenoxy) is 1. The maximum Gasteiger partial charge on any atom is 0.239 e. The van der Waals surface area contributed by atoms with E-state index in [2.05, 4.69) is 15.9 Å². The second-order valence-electron chi connectivity index (χ2n) is 7.90. The lowest BCUT2D eigenvalue weighted by Crippen LogP contribution is -3.17. The van der Waals surface area contributed by atoms with E-state index in [-0.39, 0.29) is 16.2 Å². The normalized spacial score (nSPS) is 25.2. The number of alkyl halides is 1. The number of benzene rings is 2. The van der Waals surface area contributed by atoms with Crippen LogP contribution in [-0.4, -0.2) is 20.4 Å². The van der Waals surface area contributed by atoms with Crippen molar-refractivity contribution in [2.75, 3.05) is 11.9 Å². The number of halogens is 2. The van der Waals surface area contributed by atoms with Crippen molar-refractivity contribution in [2.24, 2.45) is 5.92 Å².